The lowest BCUT2D eigenvalue weighted by atomic mass is 10.1. The molecule has 0 bridgehead atoms. The molecule has 0 unspecified atom stereocenters. The molecule has 6 heteroatoms. The maximum Gasteiger partial charge on any atom is 0.168 e. The fourth-order valence-corrected chi connectivity index (χ4v) is 1.51. The number of nitrogens with one attached hydrogen (secondary N) is 1. The summed E-state index contributed by atoms with van der Waals surface area (Å²) in [6.45, 7) is 0. The van der Waals surface area contributed by atoms with E-state index in [1.54, 1.807) is 0 Å². The van der Waals surface area contributed by atoms with E-state index in [1.807, 2.05) is 6.07 Å². The van der Waals surface area contributed by atoms with Crippen LogP contribution in [0.25, 0.3) is 11.3 Å². The number of hydrogen-bond acceptors (Lipinski definition) is 4. The number of rotatable bonds is 2. The van der Waals surface area contributed by atoms with Gasteiger partial charge in [0.2, 0.25) is 0 Å². The Hall–Kier alpha value is -2.52. The number of nitrogens with two attached hydrogens (primary N) is 1. The van der Waals surface area contributed by atoms with Gasteiger partial charge in [-0.1, -0.05) is 6.07 Å². The molecule has 0 aliphatic rings. The topological polar surface area (TPSA) is 74.7 Å². The van der Waals surface area contributed by atoms with Gasteiger partial charge in [0.15, 0.2) is 17.5 Å². The van der Waals surface area contributed by atoms with Crippen LogP contribution in [0.5, 0.6) is 0 Å². The van der Waals surface area contributed by atoms with Crippen molar-refractivity contribution in [2.45, 2.75) is 0 Å². The summed E-state index contributed by atoms with van der Waals surface area (Å²) in [5.41, 5.74) is 2.66. The third kappa shape index (κ3) is 1.99. The number of aromatic nitrogens is 1. The molecule has 0 fully saturated rings. The van der Waals surface area contributed by atoms with Crippen LogP contribution in [0.1, 0.15) is 5.56 Å². The van der Waals surface area contributed by atoms with Gasteiger partial charge in [-0.2, -0.15) is 5.26 Å². The first kappa shape index (κ1) is 12.0. The average Bonchev–Trinajstić information content (AvgIpc) is 2.41. The van der Waals surface area contributed by atoms with E-state index in [1.165, 1.54) is 24.3 Å². The van der Waals surface area contributed by atoms with Crippen molar-refractivity contribution in [2.75, 3.05) is 5.43 Å². The van der Waals surface area contributed by atoms with E-state index < -0.39 is 11.6 Å². The Kier molecular flexibility index (Phi) is 3.17. The first-order valence-corrected chi connectivity index (χ1v) is 4.99. The van der Waals surface area contributed by atoms with Gasteiger partial charge in [-0.25, -0.2) is 19.6 Å². The zero-order chi connectivity index (χ0) is 13.1. The summed E-state index contributed by atoms with van der Waals surface area (Å²) in [7, 11) is 0. The third-order valence-electron chi connectivity index (χ3n) is 2.38. The third-order valence-corrected chi connectivity index (χ3v) is 2.38. The highest BCUT2D eigenvalue weighted by molar-refractivity contribution is 5.65. The molecule has 18 heavy (non-hydrogen) atoms. The standard InChI is InChI=1S/C12H8F2N4/c13-9-3-1-2-8(11(9)14)10-5-4-7(6-15)12(17-10)18-16/h1-5H,16H2,(H,17,18). The minimum Gasteiger partial charge on any atom is -0.307 e. The Morgan fingerprint density at radius 1 is 1.22 bits per heavy atom. The SMILES string of the molecule is N#Cc1ccc(-c2cccc(F)c2F)nc1NN. The molecular weight excluding hydrogens is 238 g/mol. The van der Waals surface area contributed by atoms with Crippen LogP contribution >= 0.6 is 0 Å². The smallest absolute Gasteiger partial charge is 0.168 e. The molecule has 1 aromatic heterocycles. The monoisotopic (exact) mass is 246 g/mol. The van der Waals surface area contributed by atoms with Crippen molar-refractivity contribution >= 4 is 5.82 Å². The Balaban J connectivity index is 2.59. The molecule has 0 aliphatic heterocycles. The van der Waals surface area contributed by atoms with E-state index in [0.717, 1.165) is 6.07 Å². The second-order valence-corrected chi connectivity index (χ2v) is 3.45. The number of nitrogens with zero attached hydrogens (tertiary/aromatic N) is 2. The van der Waals surface area contributed by atoms with Crippen LogP contribution in [0.15, 0.2) is 30.3 Å². The highest BCUT2D eigenvalue weighted by Gasteiger charge is 2.12. The van der Waals surface area contributed by atoms with E-state index in [0.29, 0.717) is 0 Å². The molecule has 0 saturated heterocycles. The van der Waals surface area contributed by atoms with Gasteiger partial charge in [0.1, 0.15) is 6.07 Å². The van der Waals surface area contributed by atoms with E-state index in [4.69, 9.17) is 11.1 Å². The van der Waals surface area contributed by atoms with Gasteiger partial charge in [-0.05, 0) is 24.3 Å². The van der Waals surface area contributed by atoms with Crippen molar-refractivity contribution in [1.29, 1.82) is 5.26 Å². The second kappa shape index (κ2) is 4.77. The summed E-state index contributed by atoms with van der Waals surface area (Å²) >= 11 is 0. The molecular formula is C12H8F2N4. The molecule has 1 aromatic carbocycles. The van der Waals surface area contributed by atoms with Gasteiger partial charge >= 0.3 is 0 Å². The normalized spacial score (nSPS) is 9.89. The fraction of sp³-hybridized carbons (Fsp3) is 0. The summed E-state index contributed by atoms with van der Waals surface area (Å²) in [5.74, 6) is 3.37. The first-order chi connectivity index (χ1) is 8.67. The van der Waals surface area contributed by atoms with Crippen LogP contribution in [-0.4, -0.2) is 4.98 Å². The van der Waals surface area contributed by atoms with Gasteiger partial charge in [-0.15, -0.1) is 0 Å². The van der Waals surface area contributed by atoms with Gasteiger partial charge in [0, 0.05) is 5.56 Å². The van der Waals surface area contributed by atoms with Crippen molar-refractivity contribution in [3.63, 3.8) is 0 Å². The lowest BCUT2D eigenvalue weighted by molar-refractivity contribution is 0.511. The lowest BCUT2D eigenvalue weighted by Crippen LogP contribution is -2.10. The summed E-state index contributed by atoms with van der Waals surface area (Å²) < 4.78 is 26.7. The number of nitrogen functional groups attached to an aromatic ring is 1. The molecule has 1 heterocycles. The molecule has 0 saturated carbocycles. The largest absolute Gasteiger partial charge is 0.307 e. The van der Waals surface area contributed by atoms with Crippen molar-refractivity contribution in [3.8, 4) is 17.3 Å². The van der Waals surface area contributed by atoms with E-state index in [9.17, 15) is 8.78 Å². The average molecular weight is 246 g/mol. The predicted molar refractivity (Wildman–Crippen MR) is 62.1 cm³/mol. The number of pyridine rings is 1. The minimum absolute atomic E-state index is 0.0102. The van der Waals surface area contributed by atoms with Gasteiger partial charge in [0.05, 0.1) is 11.3 Å². The molecule has 4 nitrogen and oxygen atoms in total. The molecule has 0 radical (unpaired) electrons. The molecule has 2 rings (SSSR count). The molecule has 2 aromatic rings. The maximum absolute atomic E-state index is 13.6. The Morgan fingerprint density at radius 3 is 2.67 bits per heavy atom. The Morgan fingerprint density at radius 2 is 2.00 bits per heavy atom. The van der Waals surface area contributed by atoms with Crippen LogP contribution in [0, 0.1) is 23.0 Å². The summed E-state index contributed by atoms with van der Waals surface area (Å²) in [6.07, 6.45) is 0. The highest BCUT2D eigenvalue weighted by atomic mass is 19.2. The number of hydrazine groups is 1. The summed E-state index contributed by atoms with van der Waals surface area (Å²) in [4.78, 5) is 3.97. The van der Waals surface area contributed by atoms with Crippen molar-refractivity contribution in [2.24, 2.45) is 5.84 Å². The van der Waals surface area contributed by atoms with Crippen LogP contribution in [0.2, 0.25) is 0 Å². The van der Waals surface area contributed by atoms with Gasteiger partial charge < -0.3 is 5.43 Å². The molecule has 0 amide bonds. The quantitative estimate of drug-likeness (QED) is 0.629. The van der Waals surface area contributed by atoms with Gasteiger partial charge in [0.25, 0.3) is 0 Å². The summed E-state index contributed by atoms with van der Waals surface area (Å²) in [6, 6.07) is 8.53. The van der Waals surface area contributed by atoms with Crippen molar-refractivity contribution in [1.82, 2.24) is 4.98 Å². The maximum atomic E-state index is 13.6. The number of benzene rings is 1. The van der Waals surface area contributed by atoms with Crippen LogP contribution in [0.4, 0.5) is 14.6 Å². The molecule has 90 valence electrons. The van der Waals surface area contributed by atoms with E-state index >= 15 is 0 Å². The molecule has 3 N–H and O–H groups in total. The van der Waals surface area contributed by atoms with Crippen LogP contribution < -0.4 is 11.3 Å². The number of hydrogen-bond donors (Lipinski definition) is 2. The zero-order valence-electron chi connectivity index (χ0n) is 9.11. The van der Waals surface area contributed by atoms with E-state index in [2.05, 4.69) is 10.4 Å². The summed E-state index contributed by atoms with van der Waals surface area (Å²) in [5, 5.41) is 8.79. The molecule has 0 aliphatic carbocycles. The van der Waals surface area contributed by atoms with Gasteiger partial charge in [-0.3, -0.25) is 0 Å². The molecule has 0 spiro atoms. The Labute approximate surface area is 102 Å². The number of anilines is 1. The van der Waals surface area contributed by atoms with Crippen molar-refractivity contribution < 1.29 is 8.78 Å². The van der Waals surface area contributed by atoms with E-state index in [-0.39, 0.29) is 22.6 Å². The predicted octanol–water partition coefficient (Wildman–Crippen LogP) is 2.18. The van der Waals surface area contributed by atoms with Crippen LogP contribution in [0.3, 0.4) is 0 Å². The highest BCUT2D eigenvalue weighted by Crippen LogP contribution is 2.25. The first-order valence-electron chi connectivity index (χ1n) is 4.99. The second-order valence-electron chi connectivity index (χ2n) is 3.45. The number of nitriles is 1. The fourth-order valence-electron chi connectivity index (χ4n) is 1.51. The zero-order valence-corrected chi connectivity index (χ0v) is 9.11. The molecule has 0 atom stereocenters. The van der Waals surface area contributed by atoms with Crippen LogP contribution in [-0.2, 0) is 0 Å². The van der Waals surface area contributed by atoms with Crippen molar-refractivity contribution in [3.05, 3.63) is 47.5 Å². The minimum atomic E-state index is -0.988. The Bertz CT molecular complexity index is 634. The lowest BCUT2D eigenvalue weighted by Gasteiger charge is -2.07. The number of halogens is 2.